The number of aryl methyl sites for hydroxylation is 3. The lowest BCUT2D eigenvalue weighted by Crippen LogP contribution is -2.40. The molecule has 1 amide bonds. The molecule has 1 aliphatic heterocycles. The van der Waals surface area contributed by atoms with Crippen molar-refractivity contribution in [1.82, 2.24) is 4.90 Å². The first-order valence-electron chi connectivity index (χ1n) is 9.29. The van der Waals surface area contributed by atoms with E-state index in [1.807, 2.05) is 50.4 Å². The summed E-state index contributed by atoms with van der Waals surface area (Å²) in [7, 11) is -3.10. The third-order valence-electron chi connectivity index (χ3n) is 5.56. The zero-order chi connectivity index (χ0) is 20.1. The van der Waals surface area contributed by atoms with Crippen LogP contribution >= 0.6 is 11.3 Å². The Morgan fingerprint density at radius 1 is 1.25 bits per heavy atom. The number of hydrogen-bond acceptors (Lipinski definition) is 5. The van der Waals surface area contributed by atoms with Crippen LogP contribution in [0.5, 0.6) is 0 Å². The van der Waals surface area contributed by atoms with Crippen molar-refractivity contribution in [2.75, 3.05) is 11.5 Å². The molecule has 148 valence electrons. The summed E-state index contributed by atoms with van der Waals surface area (Å²) in [5.74, 6) is 0.214. The van der Waals surface area contributed by atoms with Gasteiger partial charge in [-0.1, -0.05) is 6.07 Å². The van der Waals surface area contributed by atoms with Crippen LogP contribution in [0.25, 0.3) is 11.0 Å². The average Bonchev–Trinajstić information content (AvgIpc) is 3.34. The first-order valence-corrected chi connectivity index (χ1v) is 12.0. The molecule has 0 N–H and O–H groups in total. The fraction of sp³-hybridized carbons (Fsp3) is 0.381. The molecular formula is C21H23NO4S2. The van der Waals surface area contributed by atoms with E-state index in [0.29, 0.717) is 24.3 Å². The number of fused-ring (bicyclic) bond motifs is 1. The molecule has 5 nitrogen and oxygen atoms in total. The molecule has 0 spiro atoms. The number of benzene rings is 1. The summed E-state index contributed by atoms with van der Waals surface area (Å²) in [6.45, 7) is 6.34. The lowest BCUT2D eigenvalue weighted by Gasteiger charge is -2.27. The van der Waals surface area contributed by atoms with Gasteiger partial charge in [-0.15, -0.1) is 11.3 Å². The second-order valence-electron chi connectivity index (χ2n) is 7.56. The van der Waals surface area contributed by atoms with Crippen molar-refractivity contribution in [2.24, 2.45) is 0 Å². The lowest BCUT2D eigenvalue weighted by molar-refractivity contribution is 0.0651. The fourth-order valence-electron chi connectivity index (χ4n) is 3.77. The van der Waals surface area contributed by atoms with Crippen LogP contribution in [0.3, 0.4) is 0 Å². The second-order valence-corrected chi connectivity index (χ2v) is 10.8. The minimum atomic E-state index is -3.10. The number of sulfone groups is 1. The summed E-state index contributed by atoms with van der Waals surface area (Å²) in [4.78, 5) is 16.2. The number of nitrogens with zero attached hydrogens (tertiary/aromatic N) is 1. The number of rotatable bonds is 4. The maximum absolute atomic E-state index is 13.5. The van der Waals surface area contributed by atoms with Gasteiger partial charge in [0.05, 0.1) is 18.1 Å². The Morgan fingerprint density at radius 3 is 2.64 bits per heavy atom. The number of carbonyl (C=O) groups excluding carboxylic acids is 1. The van der Waals surface area contributed by atoms with Gasteiger partial charge in [-0.05, 0) is 61.9 Å². The Kier molecular flexibility index (Phi) is 4.83. The summed E-state index contributed by atoms with van der Waals surface area (Å²) >= 11 is 1.56. The van der Waals surface area contributed by atoms with E-state index in [4.69, 9.17) is 4.42 Å². The first kappa shape index (κ1) is 19.2. The highest BCUT2D eigenvalue weighted by atomic mass is 32.2. The molecule has 0 aliphatic carbocycles. The van der Waals surface area contributed by atoms with Crippen LogP contribution in [0, 0.1) is 20.8 Å². The Morgan fingerprint density at radius 2 is 2.00 bits per heavy atom. The van der Waals surface area contributed by atoms with E-state index in [-0.39, 0.29) is 23.5 Å². The van der Waals surface area contributed by atoms with E-state index in [1.54, 1.807) is 16.2 Å². The van der Waals surface area contributed by atoms with Gasteiger partial charge in [-0.25, -0.2) is 8.42 Å². The molecule has 0 radical (unpaired) electrons. The van der Waals surface area contributed by atoms with Crippen LogP contribution in [0.2, 0.25) is 0 Å². The quantitative estimate of drug-likeness (QED) is 0.636. The predicted octanol–water partition coefficient (Wildman–Crippen LogP) is 4.25. The third-order valence-corrected chi connectivity index (χ3v) is 8.17. The highest BCUT2D eigenvalue weighted by Crippen LogP contribution is 2.31. The van der Waals surface area contributed by atoms with Gasteiger partial charge in [-0.2, -0.15) is 0 Å². The van der Waals surface area contributed by atoms with Crippen molar-refractivity contribution < 1.29 is 17.6 Å². The average molecular weight is 418 g/mol. The van der Waals surface area contributed by atoms with Crippen molar-refractivity contribution in [1.29, 1.82) is 0 Å². The smallest absolute Gasteiger partial charge is 0.290 e. The minimum absolute atomic E-state index is 0.0155. The van der Waals surface area contributed by atoms with E-state index < -0.39 is 9.84 Å². The zero-order valence-corrected chi connectivity index (χ0v) is 17.8. The number of thiophene rings is 1. The van der Waals surface area contributed by atoms with Gasteiger partial charge in [0.2, 0.25) is 0 Å². The maximum Gasteiger partial charge on any atom is 0.290 e. The SMILES string of the molecule is Cc1cc2oc(C(=O)N(Cc3cccs3)C3CCS(=O)(=O)C3)c(C)c2cc1C. The van der Waals surface area contributed by atoms with E-state index in [0.717, 1.165) is 27.0 Å². The van der Waals surface area contributed by atoms with Crippen molar-refractivity contribution in [3.05, 3.63) is 57.0 Å². The van der Waals surface area contributed by atoms with Gasteiger partial charge in [0.25, 0.3) is 5.91 Å². The van der Waals surface area contributed by atoms with Crippen LogP contribution in [0.4, 0.5) is 0 Å². The summed E-state index contributed by atoms with van der Waals surface area (Å²) < 4.78 is 30.0. The van der Waals surface area contributed by atoms with Gasteiger partial charge in [0.15, 0.2) is 15.6 Å². The van der Waals surface area contributed by atoms with Crippen molar-refractivity contribution in [2.45, 2.75) is 39.8 Å². The normalized spacial score (nSPS) is 18.6. The number of furan rings is 1. The van der Waals surface area contributed by atoms with Crippen LogP contribution in [-0.4, -0.2) is 36.8 Å². The molecule has 0 bridgehead atoms. The van der Waals surface area contributed by atoms with Crippen LogP contribution in [0.1, 0.15) is 38.5 Å². The van der Waals surface area contributed by atoms with Crippen LogP contribution in [-0.2, 0) is 16.4 Å². The summed E-state index contributed by atoms with van der Waals surface area (Å²) in [5, 5.41) is 2.89. The van der Waals surface area contributed by atoms with E-state index in [9.17, 15) is 13.2 Å². The zero-order valence-electron chi connectivity index (χ0n) is 16.2. The molecule has 1 saturated heterocycles. The second kappa shape index (κ2) is 7.04. The fourth-order valence-corrected chi connectivity index (χ4v) is 6.20. The van der Waals surface area contributed by atoms with E-state index >= 15 is 0 Å². The Bertz CT molecular complexity index is 1140. The molecule has 7 heteroatoms. The molecule has 4 rings (SSSR count). The molecule has 28 heavy (non-hydrogen) atoms. The summed E-state index contributed by atoms with van der Waals surface area (Å²) in [6.07, 6.45) is 0.469. The van der Waals surface area contributed by atoms with Gasteiger partial charge in [-0.3, -0.25) is 4.79 Å². The van der Waals surface area contributed by atoms with Gasteiger partial charge in [0, 0.05) is 21.9 Å². The summed E-state index contributed by atoms with van der Waals surface area (Å²) in [5.41, 5.74) is 3.75. The topological polar surface area (TPSA) is 67.6 Å². The largest absolute Gasteiger partial charge is 0.451 e. The molecule has 1 unspecified atom stereocenters. The van der Waals surface area contributed by atoms with Crippen molar-refractivity contribution in [3.8, 4) is 0 Å². The third kappa shape index (κ3) is 3.49. The Balaban J connectivity index is 1.74. The number of amides is 1. The van der Waals surface area contributed by atoms with Gasteiger partial charge >= 0.3 is 0 Å². The lowest BCUT2D eigenvalue weighted by atomic mass is 10.0. The molecule has 1 aromatic carbocycles. The monoisotopic (exact) mass is 417 g/mol. The molecule has 0 saturated carbocycles. The molecule has 1 atom stereocenters. The highest BCUT2D eigenvalue weighted by molar-refractivity contribution is 7.91. The van der Waals surface area contributed by atoms with E-state index in [1.165, 1.54) is 0 Å². The Hall–Kier alpha value is -2.12. The minimum Gasteiger partial charge on any atom is -0.451 e. The van der Waals surface area contributed by atoms with Crippen LogP contribution in [0.15, 0.2) is 34.1 Å². The van der Waals surface area contributed by atoms with Crippen molar-refractivity contribution in [3.63, 3.8) is 0 Å². The maximum atomic E-state index is 13.5. The number of carbonyl (C=O) groups is 1. The highest BCUT2D eigenvalue weighted by Gasteiger charge is 2.36. The predicted molar refractivity (Wildman–Crippen MR) is 112 cm³/mol. The number of hydrogen-bond donors (Lipinski definition) is 0. The molecule has 1 aliphatic rings. The van der Waals surface area contributed by atoms with Crippen molar-refractivity contribution >= 4 is 38.1 Å². The summed E-state index contributed by atoms with van der Waals surface area (Å²) in [6, 6.07) is 7.58. The Labute approximate surface area is 168 Å². The standard InChI is InChI=1S/C21H23NO4S2/c1-13-9-18-15(3)20(26-19(18)10-14(13)2)21(23)22(11-17-5-4-7-27-17)16-6-8-28(24,25)12-16/h4-5,7,9-10,16H,6,8,11-12H2,1-3H3. The van der Waals surface area contributed by atoms with Gasteiger partial charge < -0.3 is 9.32 Å². The molecule has 1 fully saturated rings. The first-order chi connectivity index (χ1) is 13.2. The molecule has 3 aromatic rings. The molecule has 3 heterocycles. The molecule has 2 aromatic heterocycles. The van der Waals surface area contributed by atoms with E-state index in [2.05, 4.69) is 0 Å². The van der Waals surface area contributed by atoms with Crippen LogP contribution < -0.4 is 0 Å². The molecular weight excluding hydrogens is 394 g/mol. The van der Waals surface area contributed by atoms with Gasteiger partial charge in [0.1, 0.15) is 5.58 Å².